The van der Waals surface area contributed by atoms with Gasteiger partial charge in [-0.15, -0.1) is 0 Å². The van der Waals surface area contributed by atoms with Crippen LogP contribution in [0.15, 0.2) is 42.5 Å². The van der Waals surface area contributed by atoms with Gasteiger partial charge in [0.25, 0.3) is 0 Å². The molecule has 10 heteroatoms. The zero-order valence-electron chi connectivity index (χ0n) is 23.0. The molecule has 2 aromatic rings. The molecule has 214 valence electrons. The van der Waals surface area contributed by atoms with Crippen molar-refractivity contribution in [3.63, 3.8) is 0 Å². The molecule has 1 saturated carbocycles. The summed E-state index contributed by atoms with van der Waals surface area (Å²) in [6.07, 6.45) is 7.61. The maximum atomic E-state index is 13.5. The monoisotopic (exact) mass is 595 g/mol. The summed E-state index contributed by atoms with van der Waals surface area (Å²) in [6.45, 7) is 4.04. The molecule has 0 radical (unpaired) electrons. The Labute approximate surface area is 242 Å². The van der Waals surface area contributed by atoms with E-state index in [1.54, 1.807) is 37.3 Å². The maximum Gasteiger partial charge on any atom is 0.242 e. The van der Waals surface area contributed by atoms with E-state index in [0.717, 1.165) is 43.9 Å². The number of nitrogens with one attached hydrogen (secondary N) is 1. The third kappa shape index (κ3) is 9.12. The summed E-state index contributed by atoms with van der Waals surface area (Å²) in [4.78, 5) is 28.2. The van der Waals surface area contributed by atoms with E-state index in [4.69, 9.17) is 23.2 Å². The average molecular weight is 597 g/mol. The van der Waals surface area contributed by atoms with E-state index in [0.29, 0.717) is 27.7 Å². The van der Waals surface area contributed by atoms with Crippen molar-refractivity contribution in [2.75, 3.05) is 17.1 Å². The second kappa shape index (κ2) is 14.4. The number of anilines is 1. The number of hydrogen-bond donors (Lipinski definition) is 1. The largest absolute Gasteiger partial charge is 0.352 e. The topological polar surface area (TPSA) is 86.8 Å². The molecule has 0 saturated heterocycles. The van der Waals surface area contributed by atoms with Crippen LogP contribution in [0.5, 0.6) is 0 Å². The van der Waals surface area contributed by atoms with Crippen molar-refractivity contribution in [2.24, 2.45) is 0 Å². The Balaban J connectivity index is 1.74. The number of benzene rings is 2. The van der Waals surface area contributed by atoms with Crippen LogP contribution in [-0.2, 0) is 32.6 Å². The summed E-state index contributed by atoms with van der Waals surface area (Å²) in [7, 11) is -3.55. The van der Waals surface area contributed by atoms with Gasteiger partial charge in [-0.05, 0) is 68.0 Å². The number of nitrogens with zero attached hydrogens (tertiary/aromatic N) is 2. The predicted molar refractivity (Wildman–Crippen MR) is 159 cm³/mol. The van der Waals surface area contributed by atoms with Crippen LogP contribution in [0.4, 0.5) is 5.69 Å². The Bertz CT molecular complexity index is 1230. The smallest absolute Gasteiger partial charge is 0.242 e. The normalized spacial score (nSPS) is 15.0. The molecule has 2 aromatic carbocycles. The first-order valence-corrected chi connectivity index (χ1v) is 16.2. The molecule has 0 heterocycles. The van der Waals surface area contributed by atoms with Gasteiger partial charge < -0.3 is 10.2 Å². The van der Waals surface area contributed by atoms with Crippen molar-refractivity contribution >= 4 is 50.7 Å². The van der Waals surface area contributed by atoms with Gasteiger partial charge in [0.2, 0.25) is 21.8 Å². The summed E-state index contributed by atoms with van der Waals surface area (Å²) < 4.78 is 26.4. The van der Waals surface area contributed by atoms with Gasteiger partial charge in [0.05, 0.1) is 11.9 Å². The molecular weight excluding hydrogens is 557 g/mol. The number of rotatable bonds is 12. The molecule has 1 aliphatic rings. The van der Waals surface area contributed by atoms with Gasteiger partial charge in [0.1, 0.15) is 6.04 Å². The second-order valence-electron chi connectivity index (χ2n) is 10.2. The lowest BCUT2D eigenvalue weighted by molar-refractivity contribution is -0.141. The SMILES string of the molecule is CCc1ccc(N(CCCC(=O)N(Cc2ccc(Cl)cc2Cl)[C@@H](C)C(=O)NC2CCCCC2)S(C)(=O)=O)cc1. The fraction of sp³-hybridized carbons (Fsp3) is 0.517. The van der Waals surface area contributed by atoms with Crippen LogP contribution in [0, 0.1) is 0 Å². The summed E-state index contributed by atoms with van der Waals surface area (Å²) >= 11 is 12.5. The highest BCUT2D eigenvalue weighted by Gasteiger charge is 2.29. The number of amides is 2. The zero-order valence-corrected chi connectivity index (χ0v) is 25.3. The summed E-state index contributed by atoms with van der Waals surface area (Å²) in [5.74, 6) is -0.448. The fourth-order valence-electron chi connectivity index (χ4n) is 4.89. The molecule has 0 spiro atoms. The highest BCUT2D eigenvalue weighted by Crippen LogP contribution is 2.25. The van der Waals surface area contributed by atoms with Gasteiger partial charge in [0, 0.05) is 35.6 Å². The molecule has 7 nitrogen and oxygen atoms in total. The molecule has 1 fully saturated rings. The van der Waals surface area contributed by atoms with Crippen molar-refractivity contribution < 1.29 is 18.0 Å². The molecule has 0 bridgehead atoms. The van der Waals surface area contributed by atoms with Crippen LogP contribution >= 0.6 is 23.2 Å². The minimum absolute atomic E-state index is 0.0747. The van der Waals surface area contributed by atoms with Gasteiger partial charge in [-0.2, -0.15) is 0 Å². The predicted octanol–water partition coefficient (Wildman–Crippen LogP) is 5.97. The van der Waals surface area contributed by atoms with Crippen LogP contribution in [0.25, 0.3) is 0 Å². The Morgan fingerprint density at radius 3 is 2.31 bits per heavy atom. The van der Waals surface area contributed by atoms with Gasteiger partial charge in [-0.3, -0.25) is 13.9 Å². The average Bonchev–Trinajstić information content (AvgIpc) is 2.90. The standard InChI is InChI=1S/C29H39Cl2N3O4S/c1-4-22-12-16-26(17-13-22)34(39(3,37)38)18-8-11-28(35)33(20-23-14-15-24(30)19-27(23)31)21(2)29(36)32-25-9-6-5-7-10-25/h12-17,19,21,25H,4-11,18,20H2,1-3H3,(H,32,36)/t21-/m0/s1. The van der Waals surface area contributed by atoms with Gasteiger partial charge in [-0.25, -0.2) is 8.42 Å². The molecule has 0 aliphatic heterocycles. The summed E-state index contributed by atoms with van der Waals surface area (Å²) in [6, 6.07) is 11.8. The van der Waals surface area contributed by atoms with Crippen molar-refractivity contribution in [3.8, 4) is 0 Å². The summed E-state index contributed by atoms with van der Waals surface area (Å²) in [5, 5.41) is 4.01. The molecule has 0 aromatic heterocycles. The number of hydrogen-bond acceptors (Lipinski definition) is 4. The highest BCUT2D eigenvalue weighted by atomic mass is 35.5. The minimum atomic E-state index is -3.55. The van der Waals surface area contributed by atoms with E-state index in [2.05, 4.69) is 5.32 Å². The summed E-state index contributed by atoms with van der Waals surface area (Å²) in [5.41, 5.74) is 2.35. The van der Waals surface area contributed by atoms with E-state index in [1.807, 2.05) is 19.1 Å². The Morgan fingerprint density at radius 2 is 1.72 bits per heavy atom. The molecule has 3 rings (SSSR count). The number of halogens is 2. The molecule has 2 amide bonds. The van der Waals surface area contributed by atoms with Crippen LogP contribution in [0.3, 0.4) is 0 Å². The quantitative estimate of drug-likeness (QED) is 0.327. The first-order valence-electron chi connectivity index (χ1n) is 13.6. The number of carbonyl (C=O) groups is 2. The molecular formula is C29H39Cl2N3O4S. The van der Waals surface area contributed by atoms with Gasteiger partial charge in [-0.1, -0.05) is 67.6 Å². The number of sulfonamides is 1. The van der Waals surface area contributed by atoms with Crippen LogP contribution < -0.4 is 9.62 Å². The minimum Gasteiger partial charge on any atom is -0.352 e. The number of carbonyl (C=O) groups excluding carboxylic acids is 2. The van der Waals surface area contributed by atoms with Crippen molar-refractivity contribution in [1.29, 1.82) is 0 Å². The van der Waals surface area contributed by atoms with E-state index in [9.17, 15) is 18.0 Å². The molecule has 1 aliphatic carbocycles. The fourth-order valence-corrected chi connectivity index (χ4v) is 6.32. The lowest BCUT2D eigenvalue weighted by Crippen LogP contribution is -2.50. The third-order valence-electron chi connectivity index (χ3n) is 7.26. The molecule has 1 N–H and O–H groups in total. The first kappa shape index (κ1) is 31.2. The molecule has 39 heavy (non-hydrogen) atoms. The zero-order chi connectivity index (χ0) is 28.6. The van der Waals surface area contributed by atoms with Crippen LogP contribution in [0.1, 0.15) is 69.9 Å². The van der Waals surface area contributed by atoms with Crippen LogP contribution in [0.2, 0.25) is 10.0 Å². The Kier molecular flexibility index (Phi) is 11.5. The second-order valence-corrected chi connectivity index (χ2v) is 13.0. The van der Waals surface area contributed by atoms with Crippen molar-refractivity contribution in [3.05, 3.63) is 63.6 Å². The van der Waals surface area contributed by atoms with Crippen molar-refractivity contribution in [1.82, 2.24) is 10.2 Å². The Hall–Kier alpha value is -2.29. The lowest BCUT2D eigenvalue weighted by Gasteiger charge is -2.32. The Morgan fingerprint density at radius 1 is 1.05 bits per heavy atom. The maximum absolute atomic E-state index is 13.5. The van der Waals surface area contributed by atoms with Gasteiger partial charge in [0.15, 0.2) is 0 Å². The highest BCUT2D eigenvalue weighted by molar-refractivity contribution is 7.92. The molecule has 1 atom stereocenters. The van der Waals surface area contributed by atoms with E-state index in [1.165, 1.54) is 15.6 Å². The van der Waals surface area contributed by atoms with E-state index >= 15 is 0 Å². The van der Waals surface area contributed by atoms with Crippen LogP contribution in [-0.4, -0.2) is 50.0 Å². The number of aryl methyl sites for hydroxylation is 1. The third-order valence-corrected chi connectivity index (χ3v) is 9.04. The first-order chi connectivity index (χ1) is 18.5. The van der Waals surface area contributed by atoms with Gasteiger partial charge >= 0.3 is 0 Å². The lowest BCUT2D eigenvalue weighted by atomic mass is 9.95. The van der Waals surface area contributed by atoms with E-state index < -0.39 is 16.1 Å². The van der Waals surface area contributed by atoms with E-state index in [-0.39, 0.29) is 37.4 Å². The molecule has 0 unspecified atom stereocenters. The van der Waals surface area contributed by atoms with Crippen molar-refractivity contribution in [2.45, 2.75) is 83.8 Å².